The second-order valence-corrected chi connectivity index (χ2v) is 3.82. The van der Waals surface area contributed by atoms with E-state index in [0.29, 0.717) is 0 Å². The lowest BCUT2D eigenvalue weighted by molar-refractivity contribution is -0.874. The van der Waals surface area contributed by atoms with Crippen molar-refractivity contribution in [2.75, 3.05) is 34.4 Å². The van der Waals surface area contributed by atoms with Gasteiger partial charge in [-0.25, -0.2) is 4.79 Å². The number of hydrogen-bond donors (Lipinski definition) is 1. The molecule has 1 N–H and O–H groups in total. The predicted molar refractivity (Wildman–Crippen MR) is 46.1 cm³/mol. The largest absolute Gasteiger partial charge is 0.476 e. The van der Waals surface area contributed by atoms with Crippen molar-refractivity contribution in [1.29, 1.82) is 0 Å². The summed E-state index contributed by atoms with van der Waals surface area (Å²) in [5, 5.41) is 8.37. The fourth-order valence-electron chi connectivity index (χ4n) is 0.331. The topological polar surface area (TPSA) is 49.8 Å². The van der Waals surface area contributed by atoms with Gasteiger partial charge in [0.2, 0.25) is 0 Å². The summed E-state index contributed by atoms with van der Waals surface area (Å²) in [6, 6.07) is 0. The number of quaternary nitrogens is 1. The number of alkyl halides is 1. The minimum atomic E-state index is -0.982. The average Bonchev–Trinajstić information content (AvgIpc) is 2.67. The van der Waals surface area contributed by atoms with Gasteiger partial charge in [-0.1, -0.05) is 0 Å². The van der Waals surface area contributed by atoms with Gasteiger partial charge in [-0.2, -0.15) is 0 Å². The van der Waals surface area contributed by atoms with Gasteiger partial charge < -0.3 is 14.3 Å². The molecule has 5 heteroatoms. The van der Waals surface area contributed by atoms with Crippen molar-refractivity contribution in [3.63, 3.8) is 0 Å². The van der Waals surface area contributed by atoms with Gasteiger partial charge in [0.1, 0.15) is 0 Å². The molecule has 0 radical (unpaired) electrons. The first-order chi connectivity index (χ1) is 5.35. The zero-order valence-corrected chi connectivity index (χ0v) is 8.34. The highest BCUT2D eigenvalue weighted by Gasteiger charge is 2.27. The molecule has 0 spiro atoms. The summed E-state index contributed by atoms with van der Waals surface area (Å²) in [5.74, 6) is -0.982. The van der Waals surface area contributed by atoms with E-state index in [1.807, 2.05) is 0 Å². The lowest BCUT2D eigenvalue weighted by atomic mass is 10.5. The molecular weight excluding hydrogens is 182 g/mol. The Morgan fingerprint density at radius 1 is 1.50 bits per heavy atom. The summed E-state index contributed by atoms with van der Waals surface area (Å²) in [4.78, 5) is 10.2. The molecule has 1 rings (SSSR count). The van der Waals surface area contributed by atoms with Crippen LogP contribution in [-0.2, 0) is 9.53 Å². The number of carboxylic acids is 1. The van der Waals surface area contributed by atoms with Crippen LogP contribution in [0.1, 0.15) is 0 Å². The number of epoxide rings is 1. The van der Waals surface area contributed by atoms with Crippen LogP contribution in [0.15, 0.2) is 0 Å². The first kappa shape index (κ1) is 11.7. The van der Waals surface area contributed by atoms with Gasteiger partial charge in [-0.3, -0.25) is 0 Å². The maximum atomic E-state index is 10.2. The lowest BCUT2D eigenvalue weighted by Crippen LogP contribution is -2.46. The predicted octanol–water partition coefficient (Wildman–Crippen LogP) is 0.359. The smallest absolute Gasteiger partial charge is 0.379 e. The molecule has 0 aliphatic carbocycles. The molecule has 1 fully saturated rings. The summed E-state index contributed by atoms with van der Waals surface area (Å²) in [5.41, 5.74) is -0.856. The van der Waals surface area contributed by atoms with Gasteiger partial charge in [-0.05, 0) is 11.6 Å². The van der Waals surface area contributed by atoms with E-state index in [0.717, 1.165) is 13.2 Å². The van der Waals surface area contributed by atoms with Crippen LogP contribution < -0.4 is 0 Å². The summed E-state index contributed by atoms with van der Waals surface area (Å²) >= 11 is 5.46. The molecule has 0 aromatic heterocycles. The normalized spacial score (nSPS) is 17.3. The van der Waals surface area contributed by atoms with Crippen molar-refractivity contribution in [3.8, 4) is 0 Å². The molecule has 0 saturated carbocycles. The second-order valence-electron chi connectivity index (χ2n) is 3.40. The molecule has 1 saturated heterocycles. The van der Waals surface area contributed by atoms with Crippen molar-refractivity contribution in [2.45, 2.75) is 5.50 Å². The van der Waals surface area contributed by atoms with Crippen molar-refractivity contribution in [1.82, 2.24) is 0 Å². The maximum absolute atomic E-state index is 10.2. The number of ether oxygens (including phenoxy) is 1. The third-order valence-corrected chi connectivity index (χ3v) is 1.86. The molecule has 0 aromatic rings. The van der Waals surface area contributed by atoms with Crippen molar-refractivity contribution in [2.24, 2.45) is 0 Å². The highest BCUT2D eigenvalue weighted by Crippen LogP contribution is 2.06. The van der Waals surface area contributed by atoms with Crippen LogP contribution in [0, 0.1) is 0 Å². The molecule has 1 aliphatic rings. The Hall–Kier alpha value is -0.320. The van der Waals surface area contributed by atoms with Crippen molar-refractivity contribution in [3.05, 3.63) is 0 Å². The summed E-state index contributed by atoms with van der Waals surface area (Å²) in [6.45, 7) is 2.00. The number of aliphatic carboxylic acids is 1. The van der Waals surface area contributed by atoms with Gasteiger partial charge in [0, 0.05) is 0 Å². The van der Waals surface area contributed by atoms with Crippen LogP contribution >= 0.6 is 11.6 Å². The molecule has 1 unspecified atom stereocenters. The van der Waals surface area contributed by atoms with E-state index in [1.165, 1.54) is 0 Å². The molecular formula is C7H15ClNO3+. The van der Waals surface area contributed by atoms with Crippen LogP contribution in [0.3, 0.4) is 0 Å². The van der Waals surface area contributed by atoms with Crippen LogP contribution in [0.4, 0.5) is 0 Å². The first-order valence-electron chi connectivity index (χ1n) is 3.61. The van der Waals surface area contributed by atoms with E-state index in [2.05, 4.69) is 4.74 Å². The number of likely N-dealkylation sites (N-methyl/N-ethyl adjacent to an activating group) is 1. The molecule has 1 atom stereocenters. The maximum Gasteiger partial charge on any atom is 0.379 e. The van der Waals surface area contributed by atoms with Gasteiger partial charge in [0.25, 0.3) is 5.50 Å². The van der Waals surface area contributed by atoms with E-state index < -0.39 is 11.5 Å². The van der Waals surface area contributed by atoms with Crippen LogP contribution in [-0.4, -0.2) is 55.4 Å². The second kappa shape index (κ2) is 4.64. The number of halogens is 1. The number of carboxylic acid groups (broad SMARTS) is 1. The van der Waals surface area contributed by atoms with Gasteiger partial charge >= 0.3 is 5.97 Å². The number of carbonyl (C=O) groups is 1. The molecule has 0 amide bonds. The molecule has 4 nitrogen and oxygen atoms in total. The number of nitrogens with zero attached hydrogens (tertiary/aromatic N) is 1. The molecule has 1 aliphatic heterocycles. The molecule has 0 aromatic carbocycles. The van der Waals surface area contributed by atoms with Crippen LogP contribution in [0.2, 0.25) is 0 Å². The van der Waals surface area contributed by atoms with Crippen molar-refractivity contribution >= 4 is 17.6 Å². The Balaban J connectivity index is 0.000000330. The van der Waals surface area contributed by atoms with E-state index >= 15 is 0 Å². The standard InChI is InChI=1S/C5H10ClNO2.C2H4O/c1-7(2,3)4(6)5(8)9;1-2-3-1/h4H,1-3H3;1-2H2/p+1. The fraction of sp³-hybridized carbons (Fsp3) is 0.857. The Kier molecular flexibility index (Phi) is 4.52. The lowest BCUT2D eigenvalue weighted by Gasteiger charge is -2.25. The zero-order chi connectivity index (χ0) is 9.78. The van der Waals surface area contributed by atoms with Gasteiger partial charge in [-0.15, -0.1) is 0 Å². The average molecular weight is 197 g/mol. The SMILES string of the molecule is C1CO1.C[N+](C)(C)C(Cl)C(=O)O. The minimum absolute atomic E-state index is 0.233. The Morgan fingerprint density at radius 3 is 1.83 bits per heavy atom. The van der Waals surface area contributed by atoms with Gasteiger partial charge in [0.05, 0.1) is 34.4 Å². The molecule has 12 heavy (non-hydrogen) atoms. The van der Waals surface area contributed by atoms with E-state index in [4.69, 9.17) is 16.7 Å². The molecule has 1 heterocycles. The Bertz CT molecular complexity index is 150. The van der Waals surface area contributed by atoms with Crippen LogP contribution in [0.5, 0.6) is 0 Å². The van der Waals surface area contributed by atoms with Crippen LogP contribution in [0.25, 0.3) is 0 Å². The first-order valence-corrected chi connectivity index (χ1v) is 4.05. The third kappa shape index (κ3) is 6.39. The van der Waals surface area contributed by atoms with E-state index in [-0.39, 0.29) is 4.48 Å². The summed E-state index contributed by atoms with van der Waals surface area (Å²) in [6.07, 6.45) is 0. The summed E-state index contributed by atoms with van der Waals surface area (Å²) < 4.78 is 4.73. The highest BCUT2D eigenvalue weighted by molar-refractivity contribution is 6.28. The molecule has 0 bridgehead atoms. The number of rotatable bonds is 2. The highest BCUT2D eigenvalue weighted by atomic mass is 35.5. The Labute approximate surface area is 77.3 Å². The monoisotopic (exact) mass is 196 g/mol. The quantitative estimate of drug-likeness (QED) is 0.300. The van der Waals surface area contributed by atoms with Gasteiger partial charge in [0.15, 0.2) is 0 Å². The minimum Gasteiger partial charge on any atom is -0.476 e. The molecule has 72 valence electrons. The third-order valence-electron chi connectivity index (χ3n) is 1.09. The number of hydrogen-bond acceptors (Lipinski definition) is 2. The van der Waals surface area contributed by atoms with Crippen molar-refractivity contribution < 1.29 is 19.1 Å². The van der Waals surface area contributed by atoms with E-state index in [1.54, 1.807) is 21.1 Å². The summed E-state index contributed by atoms with van der Waals surface area (Å²) in [7, 11) is 5.18. The fourth-order valence-corrected chi connectivity index (χ4v) is 0.331. The Morgan fingerprint density at radius 2 is 1.83 bits per heavy atom. The van der Waals surface area contributed by atoms with E-state index in [9.17, 15) is 4.79 Å². The zero-order valence-electron chi connectivity index (χ0n) is 7.58.